The Hall–Kier alpha value is -2.72. The summed E-state index contributed by atoms with van der Waals surface area (Å²) in [6.07, 6.45) is 2.19. The summed E-state index contributed by atoms with van der Waals surface area (Å²) in [6.45, 7) is 2.26. The molecule has 0 N–H and O–H groups in total. The van der Waals surface area contributed by atoms with Crippen LogP contribution in [0.2, 0.25) is 0 Å². The first-order valence-corrected chi connectivity index (χ1v) is 10.2. The van der Waals surface area contributed by atoms with Gasteiger partial charge in [-0.3, -0.25) is 14.5 Å². The van der Waals surface area contributed by atoms with E-state index in [-0.39, 0.29) is 18.4 Å². The van der Waals surface area contributed by atoms with E-state index < -0.39 is 0 Å². The number of fused-ring (bicyclic) bond motifs is 3. The van der Waals surface area contributed by atoms with E-state index in [1.807, 2.05) is 0 Å². The van der Waals surface area contributed by atoms with Gasteiger partial charge in [0.05, 0.1) is 32.4 Å². The molecule has 0 aliphatic carbocycles. The van der Waals surface area contributed by atoms with Crippen molar-refractivity contribution in [3.8, 4) is 5.88 Å². The summed E-state index contributed by atoms with van der Waals surface area (Å²) in [5, 5.41) is 0.730. The molecule has 0 aromatic carbocycles. The minimum atomic E-state index is -0.0945. The number of hydrogen-bond acceptors (Lipinski definition) is 8. The number of amides is 2. The summed E-state index contributed by atoms with van der Waals surface area (Å²) in [5.41, 5.74) is 1.70. The number of aromatic nitrogens is 2. The van der Waals surface area contributed by atoms with E-state index in [0.29, 0.717) is 37.6 Å². The standard InChI is InChI=1S/C19H23N5O4S/c1-22-10-16(25)24(6-7-27-2)19-17(18(22)26)12-4-5-23(9-13(12)29-19)14-8-15(28-3)21-11-20-14/h8,11H,4-7,9-10H2,1-3H3. The van der Waals surface area contributed by atoms with Crippen molar-refractivity contribution in [2.75, 3.05) is 57.3 Å². The number of likely N-dealkylation sites (N-methyl/N-ethyl adjacent to an activating group) is 1. The fraction of sp³-hybridized carbons (Fsp3) is 0.474. The van der Waals surface area contributed by atoms with Gasteiger partial charge in [-0.15, -0.1) is 11.3 Å². The molecular weight excluding hydrogens is 394 g/mol. The predicted octanol–water partition coefficient (Wildman–Crippen LogP) is 1.17. The maximum atomic E-state index is 13.0. The lowest BCUT2D eigenvalue weighted by atomic mass is 10.0. The number of nitrogens with zero attached hydrogens (tertiary/aromatic N) is 5. The van der Waals surface area contributed by atoms with Gasteiger partial charge in [-0.05, 0) is 12.0 Å². The molecule has 2 aliphatic heterocycles. The third-order valence-electron chi connectivity index (χ3n) is 5.20. The number of methoxy groups -OCH3 is 2. The fourth-order valence-electron chi connectivity index (χ4n) is 3.68. The topological polar surface area (TPSA) is 88.1 Å². The van der Waals surface area contributed by atoms with E-state index in [9.17, 15) is 9.59 Å². The van der Waals surface area contributed by atoms with Crippen molar-refractivity contribution in [2.45, 2.75) is 13.0 Å². The Labute approximate surface area is 172 Å². The zero-order valence-electron chi connectivity index (χ0n) is 16.7. The van der Waals surface area contributed by atoms with E-state index in [1.54, 1.807) is 32.2 Å². The molecule has 0 radical (unpaired) electrons. The molecule has 9 nitrogen and oxygen atoms in total. The van der Waals surface area contributed by atoms with Crippen LogP contribution in [0.25, 0.3) is 0 Å². The Balaban J connectivity index is 1.71. The molecule has 0 atom stereocenters. The number of carbonyl (C=O) groups is 2. The average molecular weight is 417 g/mol. The smallest absolute Gasteiger partial charge is 0.257 e. The molecule has 0 unspecified atom stereocenters. The van der Waals surface area contributed by atoms with E-state index in [0.717, 1.165) is 27.8 Å². The fourth-order valence-corrected chi connectivity index (χ4v) is 5.08. The van der Waals surface area contributed by atoms with Crippen molar-refractivity contribution in [2.24, 2.45) is 0 Å². The first kappa shape index (κ1) is 19.6. The van der Waals surface area contributed by atoms with Crippen LogP contribution < -0.4 is 14.5 Å². The highest BCUT2D eigenvalue weighted by molar-refractivity contribution is 7.17. The van der Waals surface area contributed by atoms with Crippen LogP contribution in [-0.4, -0.2) is 74.2 Å². The van der Waals surface area contributed by atoms with Crippen LogP contribution in [0, 0.1) is 0 Å². The molecule has 2 amide bonds. The molecule has 4 rings (SSSR count). The zero-order valence-corrected chi connectivity index (χ0v) is 17.5. The number of anilines is 2. The second-order valence-electron chi connectivity index (χ2n) is 6.97. The first-order chi connectivity index (χ1) is 14.0. The minimum Gasteiger partial charge on any atom is -0.481 e. The third-order valence-corrected chi connectivity index (χ3v) is 6.44. The Morgan fingerprint density at radius 2 is 2.03 bits per heavy atom. The average Bonchev–Trinajstić information content (AvgIpc) is 3.07. The lowest BCUT2D eigenvalue weighted by Crippen LogP contribution is -2.39. The monoisotopic (exact) mass is 417 g/mol. The van der Waals surface area contributed by atoms with Gasteiger partial charge in [-0.2, -0.15) is 0 Å². The zero-order chi connectivity index (χ0) is 20.5. The van der Waals surface area contributed by atoms with E-state index in [1.165, 1.54) is 22.6 Å². The van der Waals surface area contributed by atoms with Crippen molar-refractivity contribution in [1.29, 1.82) is 0 Å². The number of ether oxygens (including phenoxy) is 2. The molecule has 0 fully saturated rings. The summed E-state index contributed by atoms with van der Waals surface area (Å²) >= 11 is 1.51. The molecule has 2 aliphatic rings. The summed E-state index contributed by atoms with van der Waals surface area (Å²) < 4.78 is 10.4. The van der Waals surface area contributed by atoms with E-state index >= 15 is 0 Å². The molecule has 2 aromatic rings. The molecule has 0 saturated heterocycles. The van der Waals surface area contributed by atoms with Gasteiger partial charge in [0.1, 0.15) is 23.7 Å². The van der Waals surface area contributed by atoms with Crippen molar-refractivity contribution < 1.29 is 19.1 Å². The molecule has 4 heterocycles. The number of hydrogen-bond donors (Lipinski definition) is 0. The van der Waals surface area contributed by atoms with Crippen LogP contribution in [0.1, 0.15) is 20.8 Å². The van der Waals surface area contributed by atoms with Gasteiger partial charge < -0.3 is 19.3 Å². The normalized spacial score (nSPS) is 16.6. The lowest BCUT2D eigenvalue weighted by Gasteiger charge is -2.28. The number of carbonyl (C=O) groups excluding carboxylic acids is 2. The van der Waals surface area contributed by atoms with Crippen LogP contribution in [0.4, 0.5) is 10.8 Å². The molecule has 0 saturated carbocycles. The molecule has 10 heteroatoms. The van der Waals surface area contributed by atoms with Gasteiger partial charge in [0.2, 0.25) is 11.8 Å². The van der Waals surface area contributed by atoms with Crippen molar-refractivity contribution in [3.63, 3.8) is 0 Å². The molecule has 2 aromatic heterocycles. The van der Waals surface area contributed by atoms with Crippen LogP contribution in [0.5, 0.6) is 5.88 Å². The van der Waals surface area contributed by atoms with E-state index in [4.69, 9.17) is 9.47 Å². The Morgan fingerprint density at radius 3 is 2.79 bits per heavy atom. The SMILES string of the molecule is COCCN1C(=O)CN(C)C(=O)c2c1sc1c2CCN(c2cc(OC)ncn2)C1. The van der Waals surface area contributed by atoms with Crippen LogP contribution in [0.3, 0.4) is 0 Å². The van der Waals surface area contributed by atoms with Gasteiger partial charge in [-0.1, -0.05) is 0 Å². The van der Waals surface area contributed by atoms with Gasteiger partial charge in [0, 0.05) is 31.6 Å². The lowest BCUT2D eigenvalue weighted by molar-refractivity contribution is -0.119. The van der Waals surface area contributed by atoms with Gasteiger partial charge in [-0.25, -0.2) is 9.97 Å². The first-order valence-electron chi connectivity index (χ1n) is 9.33. The largest absolute Gasteiger partial charge is 0.481 e. The second kappa shape index (κ2) is 7.96. The van der Waals surface area contributed by atoms with Gasteiger partial charge in [0.25, 0.3) is 5.91 Å². The van der Waals surface area contributed by atoms with Crippen molar-refractivity contribution in [1.82, 2.24) is 14.9 Å². The van der Waals surface area contributed by atoms with Gasteiger partial charge in [0.15, 0.2) is 0 Å². The highest BCUT2D eigenvalue weighted by Gasteiger charge is 2.36. The predicted molar refractivity (Wildman–Crippen MR) is 109 cm³/mol. The Bertz CT molecular complexity index is 947. The Morgan fingerprint density at radius 1 is 1.21 bits per heavy atom. The summed E-state index contributed by atoms with van der Waals surface area (Å²) in [4.78, 5) is 40.6. The molecule has 0 spiro atoms. The minimum absolute atomic E-state index is 0.0750. The Kier molecular flexibility index (Phi) is 5.37. The maximum Gasteiger partial charge on any atom is 0.257 e. The summed E-state index contributed by atoms with van der Waals surface area (Å²) in [5.74, 6) is 1.10. The second-order valence-corrected chi connectivity index (χ2v) is 8.06. The quantitative estimate of drug-likeness (QED) is 0.722. The summed E-state index contributed by atoms with van der Waals surface area (Å²) in [7, 11) is 4.86. The highest BCUT2D eigenvalue weighted by atomic mass is 32.1. The van der Waals surface area contributed by atoms with Crippen LogP contribution >= 0.6 is 11.3 Å². The van der Waals surface area contributed by atoms with Crippen molar-refractivity contribution >= 4 is 34.0 Å². The molecular formula is C19H23N5O4S. The highest BCUT2D eigenvalue weighted by Crippen LogP contribution is 2.41. The van der Waals surface area contributed by atoms with E-state index in [2.05, 4.69) is 14.9 Å². The molecule has 154 valence electrons. The van der Waals surface area contributed by atoms with Crippen molar-refractivity contribution in [3.05, 3.63) is 28.4 Å². The third kappa shape index (κ3) is 3.53. The molecule has 29 heavy (non-hydrogen) atoms. The number of thiophene rings is 1. The van der Waals surface area contributed by atoms with Crippen LogP contribution in [-0.2, 0) is 22.5 Å². The summed E-state index contributed by atoms with van der Waals surface area (Å²) in [6, 6.07) is 1.80. The number of rotatable bonds is 5. The maximum absolute atomic E-state index is 13.0. The van der Waals surface area contributed by atoms with Gasteiger partial charge >= 0.3 is 0 Å². The van der Waals surface area contributed by atoms with Crippen LogP contribution in [0.15, 0.2) is 12.4 Å². The molecule has 0 bridgehead atoms.